The third kappa shape index (κ3) is 6.87. The van der Waals surface area contributed by atoms with Crippen LogP contribution in [0.5, 0.6) is 5.75 Å². The molecule has 3 N–H and O–H groups in total. The molecule has 0 radical (unpaired) electrons. The molecular formula is C23H18ClF3N4O2. The standard InChI is InChI=1S/C23H18ClF3N4O2/c24-18-3-1-2-17(13-18)21(12-15-4-6-16(14-28)7-5-15)30-31(22(29)32)19-8-10-20(11-9-19)33-23(25,26)27/h1-11,13,21,30H,12H2,(H2,29,32). The number of halogens is 4. The van der Waals surface area contributed by atoms with Gasteiger partial charge in [-0.25, -0.2) is 15.2 Å². The topological polar surface area (TPSA) is 91.4 Å². The maximum absolute atomic E-state index is 12.4. The van der Waals surface area contributed by atoms with Crippen LogP contribution >= 0.6 is 11.6 Å². The Balaban J connectivity index is 1.89. The lowest BCUT2D eigenvalue weighted by Gasteiger charge is -2.28. The molecule has 3 aromatic carbocycles. The molecule has 3 rings (SSSR count). The molecule has 1 unspecified atom stereocenters. The van der Waals surface area contributed by atoms with Crippen molar-refractivity contribution in [3.8, 4) is 11.8 Å². The van der Waals surface area contributed by atoms with Crippen LogP contribution in [0.1, 0.15) is 22.7 Å². The zero-order valence-corrected chi connectivity index (χ0v) is 17.8. The number of rotatable bonds is 7. The summed E-state index contributed by atoms with van der Waals surface area (Å²) in [6.45, 7) is 0. The third-order valence-corrected chi connectivity index (χ3v) is 4.84. The van der Waals surface area contributed by atoms with Gasteiger partial charge in [0.15, 0.2) is 0 Å². The van der Waals surface area contributed by atoms with Crippen molar-refractivity contribution in [1.82, 2.24) is 5.43 Å². The smallest absolute Gasteiger partial charge is 0.406 e. The number of hydrogen-bond acceptors (Lipinski definition) is 4. The van der Waals surface area contributed by atoms with E-state index in [4.69, 9.17) is 22.6 Å². The summed E-state index contributed by atoms with van der Waals surface area (Å²) in [5, 5.41) is 10.5. The van der Waals surface area contributed by atoms with Crippen molar-refractivity contribution in [1.29, 1.82) is 5.26 Å². The number of carbonyl (C=O) groups is 1. The molecule has 0 saturated heterocycles. The van der Waals surface area contributed by atoms with Crippen molar-refractivity contribution in [2.24, 2.45) is 5.73 Å². The second-order valence-corrected chi connectivity index (χ2v) is 7.40. The first-order chi connectivity index (χ1) is 15.6. The van der Waals surface area contributed by atoms with E-state index in [9.17, 15) is 18.0 Å². The van der Waals surface area contributed by atoms with Gasteiger partial charge in [-0.2, -0.15) is 5.26 Å². The van der Waals surface area contributed by atoms with Crippen LogP contribution in [0, 0.1) is 11.3 Å². The monoisotopic (exact) mass is 474 g/mol. The normalized spacial score (nSPS) is 12.0. The van der Waals surface area contributed by atoms with Gasteiger partial charge in [0.25, 0.3) is 0 Å². The van der Waals surface area contributed by atoms with E-state index in [2.05, 4.69) is 16.2 Å². The predicted molar refractivity (Wildman–Crippen MR) is 117 cm³/mol. The van der Waals surface area contributed by atoms with Crippen LogP contribution in [0.25, 0.3) is 0 Å². The molecule has 0 aromatic heterocycles. The van der Waals surface area contributed by atoms with Crippen LogP contribution < -0.4 is 20.9 Å². The summed E-state index contributed by atoms with van der Waals surface area (Å²) in [5.74, 6) is -0.431. The number of carbonyl (C=O) groups excluding carboxylic acids is 1. The van der Waals surface area contributed by atoms with Crippen LogP contribution in [0.2, 0.25) is 5.02 Å². The Morgan fingerprint density at radius 3 is 2.33 bits per heavy atom. The Labute approximate surface area is 192 Å². The van der Waals surface area contributed by atoms with Crippen LogP contribution in [0.15, 0.2) is 72.8 Å². The number of hydrogen-bond donors (Lipinski definition) is 2. The number of nitrogens with one attached hydrogen (secondary N) is 1. The molecule has 3 aromatic rings. The van der Waals surface area contributed by atoms with E-state index in [-0.39, 0.29) is 5.69 Å². The zero-order valence-electron chi connectivity index (χ0n) is 17.0. The number of nitriles is 1. The highest BCUT2D eigenvalue weighted by Crippen LogP contribution is 2.27. The van der Waals surface area contributed by atoms with Crippen molar-refractivity contribution in [2.75, 3.05) is 5.01 Å². The summed E-state index contributed by atoms with van der Waals surface area (Å²) in [6, 6.07) is 19.3. The molecule has 0 bridgehead atoms. The molecule has 1 atom stereocenters. The molecule has 10 heteroatoms. The van der Waals surface area contributed by atoms with E-state index in [0.29, 0.717) is 17.0 Å². The van der Waals surface area contributed by atoms with E-state index >= 15 is 0 Å². The van der Waals surface area contributed by atoms with E-state index in [0.717, 1.165) is 28.3 Å². The molecule has 0 aliphatic heterocycles. The number of benzene rings is 3. The highest BCUT2D eigenvalue weighted by Gasteiger charge is 2.31. The fourth-order valence-electron chi connectivity index (χ4n) is 3.13. The summed E-state index contributed by atoms with van der Waals surface area (Å²) < 4.78 is 41.1. The lowest BCUT2D eigenvalue weighted by Crippen LogP contribution is -2.48. The Hall–Kier alpha value is -3.74. The molecular weight excluding hydrogens is 457 g/mol. The average Bonchev–Trinajstić information content (AvgIpc) is 2.76. The van der Waals surface area contributed by atoms with Gasteiger partial charge in [-0.15, -0.1) is 13.2 Å². The van der Waals surface area contributed by atoms with Crippen molar-refractivity contribution in [2.45, 2.75) is 18.8 Å². The molecule has 0 aliphatic rings. The fraction of sp³-hybridized carbons (Fsp3) is 0.130. The maximum Gasteiger partial charge on any atom is 0.573 e. The van der Waals surface area contributed by atoms with E-state index < -0.39 is 24.2 Å². The van der Waals surface area contributed by atoms with Crippen molar-refractivity contribution in [3.63, 3.8) is 0 Å². The number of primary amides is 1. The Morgan fingerprint density at radius 2 is 1.79 bits per heavy atom. The van der Waals surface area contributed by atoms with Gasteiger partial charge in [0.1, 0.15) is 5.75 Å². The predicted octanol–water partition coefficient (Wildman–Crippen LogP) is 5.48. The van der Waals surface area contributed by atoms with Gasteiger partial charge in [0.05, 0.1) is 23.4 Å². The molecule has 33 heavy (non-hydrogen) atoms. The van der Waals surface area contributed by atoms with Crippen LogP contribution in [0.4, 0.5) is 23.7 Å². The summed E-state index contributed by atoms with van der Waals surface area (Å²) >= 11 is 6.14. The van der Waals surface area contributed by atoms with E-state index in [1.165, 1.54) is 12.1 Å². The molecule has 2 amide bonds. The fourth-order valence-corrected chi connectivity index (χ4v) is 3.33. The third-order valence-electron chi connectivity index (χ3n) is 4.61. The van der Waals surface area contributed by atoms with E-state index in [1.807, 2.05) is 6.07 Å². The van der Waals surface area contributed by atoms with Crippen LogP contribution in [-0.4, -0.2) is 12.4 Å². The second-order valence-electron chi connectivity index (χ2n) is 6.96. The van der Waals surface area contributed by atoms with Crippen molar-refractivity contribution >= 4 is 23.3 Å². The van der Waals surface area contributed by atoms with Gasteiger partial charge in [-0.1, -0.05) is 35.9 Å². The number of ether oxygens (including phenoxy) is 1. The summed E-state index contributed by atoms with van der Waals surface area (Å²) in [7, 11) is 0. The van der Waals surface area contributed by atoms with Gasteiger partial charge in [0, 0.05) is 5.02 Å². The number of hydrazine groups is 1. The SMILES string of the molecule is N#Cc1ccc(CC(NN(C(N)=O)c2ccc(OC(F)(F)F)cc2)c2cccc(Cl)c2)cc1. The Morgan fingerprint density at radius 1 is 1.12 bits per heavy atom. The first-order valence-corrected chi connectivity index (χ1v) is 9.98. The summed E-state index contributed by atoms with van der Waals surface area (Å²) in [6.07, 6.45) is -4.44. The minimum atomic E-state index is -4.83. The molecule has 0 spiro atoms. The van der Waals surface area contributed by atoms with Gasteiger partial charge in [-0.3, -0.25) is 0 Å². The second kappa shape index (κ2) is 10.3. The maximum atomic E-state index is 12.4. The Kier molecular flexibility index (Phi) is 7.43. The number of urea groups is 1. The van der Waals surface area contributed by atoms with Gasteiger partial charge >= 0.3 is 12.4 Å². The molecule has 0 aliphatic carbocycles. The van der Waals surface area contributed by atoms with Crippen LogP contribution in [-0.2, 0) is 6.42 Å². The minimum Gasteiger partial charge on any atom is -0.406 e. The minimum absolute atomic E-state index is 0.212. The Bertz CT molecular complexity index is 1150. The molecule has 0 fully saturated rings. The van der Waals surface area contributed by atoms with Gasteiger partial charge < -0.3 is 10.5 Å². The van der Waals surface area contributed by atoms with Gasteiger partial charge in [0.2, 0.25) is 0 Å². The molecule has 0 saturated carbocycles. The summed E-state index contributed by atoms with van der Waals surface area (Å²) in [5.41, 5.74) is 10.9. The quantitative estimate of drug-likeness (QED) is 0.443. The highest BCUT2D eigenvalue weighted by atomic mass is 35.5. The first-order valence-electron chi connectivity index (χ1n) is 9.60. The molecule has 0 heterocycles. The van der Waals surface area contributed by atoms with Crippen molar-refractivity contribution < 1.29 is 22.7 Å². The van der Waals surface area contributed by atoms with Crippen molar-refractivity contribution in [3.05, 3.63) is 94.5 Å². The molecule has 170 valence electrons. The molecule has 6 nitrogen and oxygen atoms in total. The zero-order chi connectivity index (χ0) is 24.0. The number of nitrogens with zero attached hydrogens (tertiary/aromatic N) is 2. The largest absolute Gasteiger partial charge is 0.573 e. The van der Waals surface area contributed by atoms with E-state index in [1.54, 1.807) is 42.5 Å². The van der Waals surface area contributed by atoms with Crippen LogP contribution in [0.3, 0.4) is 0 Å². The number of amides is 2. The number of anilines is 1. The lowest BCUT2D eigenvalue weighted by molar-refractivity contribution is -0.274. The number of alkyl halides is 3. The highest BCUT2D eigenvalue weighted by molar-refractivity contribution is 6.30. The average molecular weight is 475 g/mol. The van der Waals surface area contributed by atoms with Gasteiger partial charge in [-0.05, 0) is 66.1 Å². The summed E-state index contributed by atoms with van der Waals surface area (Å²) in [4.78, 5) is 12.2. The number of nitrogens with two attached hydrogens (primary N) is 1. The first kappa shape index (κ1) is 23.9. The lowest BCUT2D eigenvalue weighted by atomic mass is 9.98.